The van der Waals surface area contributed by atoms with Crippen molar-refractivity contribution in [1.29, 1.82) is 0 Å². The van der Waals surface area contributed by atoms with Gasteiger partial charge in [0.2, 0.25) is 0 Å². The van der Waals surface area contributed by atoms with Crippen molar-refractivity contribution in [2.75, 3.05) is 0 Å². The topological polar surface area (TPSA) is 54.3 Å². The van der Waals surface area contributed by atoms with Crippen LogP contribution in [0.2, 0.25) is 0 Å². The zero-order valence-electron chi connectivity index (χ0n) is 10.7. The number of hydrogen-bond donors (Lipinski definition) is 2. The average Bonchev–Trinajstić information content (AvgIpc) is 2.65. The predicted molar refractivity (Wildman–Crippen MR) is 71.5 cm³/mol. The Morgan fingerprint density at radius 3 is 2.78 bits per heavy atom. The minimum Gasteiger partial charge on any atom is -0.480 e. The first kappa shape index (κ1) is 12.6. The van der Waals surface area contributed by atoms with E-state index in [1.165, 1.54) is 0 Å². The third kappa shape index (κ3) is 2.71. The number of nitrogens with one attached hydrogen (secondary N) is 1. The van der Waals surface area contributed by atoms with Crippen LogP contribution in [-0.2, 0) is 17.9 Å². The number of aliphatic carboxylic acids is 1. The number of rotatable bonds is 5. The van der Waals surface area contributed by atoms with Gasteiger partial charge in [0.1, 0.15) is 6.54 Å². The first-order valence-electron chi connectivity index (χ1n) is 6.10. The Labute approximate surface area is 106 Å². The normalized spacial score (nSPS) is 11.3. The van der Waals surface area contributed by atoms with Gasteiger partial charge in [-0.3, -0.25) is 4.79 Å². The molecule has 0 atom stereocenters. The molecule has 2 rings (SSSR count). The number of carboxylic acid groups (broad SMARTS) is 1. The number of benzene rings is 1. The Morgan fingerprint density at radius 1 is 1.39 bits per heavy atom. The molecule has 0 saturated carbocycles. The molecule has 0 spiro atoms. The van der Waals surface area contributed by atoms with Crippen molar-refractivity contribution in [2.45, 2.75) is 33.0 Å². The van der Waals surface area contributed by atoms with Gasteiger partial charge in [-0.25, -0.2) is 0 Å². The second kappa shape index (κ2) is 5.23. The summed E-state index contributed by atoms with van der Waals surface area (Å²) in [5.74, 6) is -0.820. The quantitative estimate of drug-likeness (QED) is 0.850. The van der Waals surface area contributed by atoms with E-state index in [4.69, 9.17) is 5.11 Å². The van der Waals surface area contributed by atoms with Gasteiger partial charge in [0.05, 0.1) is 0 Å². The van der Waals surface area contributed by atoms with E-state index >= 15 is 0 Å². The summed E-state index contributed by atoms with van der Waals surface area (Å²) in [5, 5.41) is 13.4. The molecular weight excluding hydrogens is 228 g/mol. The van der Waals surface area contributed by atoms with E-state index in [1.807, 2.05) is 30.5 Å². The summed E-state index contributed by atoms with van der Waals surface area (Å²) < 4.78 is 1.79. The van der Waals surface area contributed by atoms with E-state index in [9.17, 15) is 4.79 Å². The number of fused-ring (bicyclic) bond motifs is 1. The lowest BCUT2D eigenvalue weighted by molar-refractivity contribution is -0.137. The van der Waals surface area contributed by atoms with Crippen LogP contribution in [0.25, 0.3) is 10.9 Å². The van der Waals surface area contributed by atoms with Crippen molar-refractivity contribution >= 4 is 16.9 Å². The van der Waals surface area contributed by atoms with Gasteiger partial charge in [0, 0.05) is 29.7 Å². The monoisotopic (exact) mass is 246 g/mol. The highest BCUT2D eigenvalue weighted by atomic mass is 16.4. The lowest BCUT2D eigenvalue weighted by Crippen LogP contribution is -2.21. The third-order valence-corrected chi connectivity index (χ3v) is 2.88. The smallest absolute Gasteiger partial charge is 0.323 e. The van der Waals surface area contributed by atoms with Gasteiger partial charge in [-0.1, -0.05) is 32.0 Å². The largest absolute Gasteiger partial charge is 0.480 e. The lowest BCUT2D eigenvalue weighted by atomic mass is 10.2. The van der Waals surface area contributed by atoms with E-state index in [0.717, 1.165) is 23.0 Å². The second-order valence-corrected chi connectivity index (χ2v) is 4.73. The van der Waals surface area contributed by atoms with Crippen molar-refractivity contribution in [2.24, 2.45) is 0 Å². The van der Waals surface area contributed by atoms with Crippen LogP contribution in [0.5, 0.6) is 0 Å². The number of para-hydroxylation sites is 1. The number of carboxylic acids is 1. The summed E-state index contributed by atoms with van der Waals surface area (Å²) in [7, 11) is 0. The molecule has 96 valence electrons. The van der Waals surface area contributed by atoms with E-state index in [0.29, 0.717) is 6.04 Å². The van der Waals surface area contributed by atoms with E-state index < -0.39 is 5.97 Å². The Bertz CT molecular complexity index is 558. The van der Waals surface area contributed by atoms with Gasteiger partial charge in [-0.05, 0) is 11.6 Å². The molecule has 0 aliphatic carbocycles. The number of aromatic nitrogens is 1. The maximum absolute atomic E-state index is 10.9. The fourth-order valence-corrected chi connectivity index (χ4v) is 2.05. The van der Waals surface area contributed by atoms with Gasteiger partial charge in [0.15, 0.2) is 0 Å². The standard InChI is InChI=1S/C14H18N2O2/c1-10(2)15-7-11-8-16(9-14(17)18)13-6-4-3-5-12(11)13/h3-6,8,10,15H,7,9H2,1-2H3,(H,17,18). The second-order valence-electron chi connectivity index (χ2n) is 4.73. The van der Waals surface area contributed by atoms with Crippen LogP contribution < -0.4 is 5.32 Å². The molecule has 2 N–H and O–H groups in total. The molecule has 0 saturated heterocycles. The predicted octanol–water partition coefficient (Wildman–Crippen LogP) is 2.22. The molecule has 0 aliphatic rings. The summed E-state index contributed by atoms with van der Waals surface area (Å²) >= 11 is 0. The highest BCUT2D eigenvalue weighted by molar-refractivity contribution is 5.85. The summed E-state index contributed by atoms with van der Waals surface area (Å²) in [4.78, 5) is 10.9. The Kier molecular flexibility index (Phi) is 3.67. The van der Waals surface area contributed by atoms with Crippen LogP contribution in [0, 0.1) is 0 Å². The maximum Gasteiger partial charge on any atom is 0.323 e. The zero-order valence-corrected chi connectivity index (χ0v) is 10.7. The van der Waals surface area contributed by atoms with Gasteiger partial charge in [0.25, 0.3) is 0 Å². The maximum atomic E-state index is 10.9. The fourth-order valence-electron chi connectivity index (χ4n) is 2.05. The third-order valence-electron chi connectivity index (χ3n) is 2.88. The van der Waals surface area contributed by atoms with Crippen molar-refractivity contribution in [3.8, 4) is 0 Å². The minimum atomic E-state index is -0.820. The van der Waals surface area contributed by atoms with Crippen LogP contribution >= 0.6 is 0 Å². The van der Waals surface area contributed by atoms with E-state index in [1.54, 1.807) is 4.57 Å². The Hall–Kier alpha value is -1.81. The fraction of sp³-hybridized carbons (Fsp3) is 0.357. The summed E-state index contributed by atoms with van der Waals surface area (Å²) in [6, 6.07) is 8.31. The van der Waals surface area contributed by atoms with Crippen LogP contribution in [0.4, 0.5) is 0 Å². The lowest BCUT2D eigenvalue weighted by Gasteiger charge is -2.06. The summed E-state index contributed by atoms with van der Waals surface area (Å²) in [5.41, 5.74) is 2.11. The first-order valence-corrected chi connectivity index (χ1v) is 6.10. The van der Waals surface area contributed by atoms with Gasteiger partial charge < -0.3 is 15.0 Å². The molecule has 18 heavy (non-hydrogen) atoms. The Morgan fingerprint density at radius 2 is 2.11 bits per heavy atom. The van der Waals surface area contributed by atoms with Crippen molar-refractivity contribution in [3.63, 3.8) is 0 Å². The molecule has 4 nitrogen and oxygen atoms in total. The van der Waals surface area contributed by atoms with E-state index in [2.05, 4.69) is 19.2 Å². The van der Waals surface area contributed by atoms with Crippen LogP contribution in [-0.4, -0.2) is 21.7 Å². The molecule has 2 aromatic rings. The van der Waals surface area contributed by atoms with Crippen molar-refractivity contribution in [3.05, 3.63) is 36.0 Å². The number of carbonyl (C=O) groups is 1. The summed E-state index contributed by atoms with van der Waals surface area (Å²) in [6.45, 7) is 4.94. The van der Waals surface area contributed by atoms with Gasteiger partial charge in [-0.15, -0.1) is 0 Å². The van der Waals surface area contributed by atoms with Crippen molar-refractivity contribution in [1.82, 2.24) is 9.88 Å². The molecule has 0 radical (unpaired) electrons. The highest BCUT2D eigenvalue weighted by Crippen LogP contribution is 2.21. The molecule has 0 amide bonds. The number of nitrogens with zero attached hydrogens (tertiary/aromatic N) is 1. The molecule has 1 aromatic heterocycles. The Balaban J connectivity index is 2.37. The molecular formula is C14H18N2O2. The molecule has 1 heterocycles. The molecule has 4 heteroatoms. The summed E-state index contributed by atoms with van der Waals surface area (Å²) in [6.07, 6.45) is 1.92. The zero-order chi connectivity index (χ0) is 13.1. The van der Waals surface area contributed by atoms with Gasteiger partial charge >= 0.3 is 5.97 Å². The van der Waals surface area contributed by atoms with Crippen LogP contribution in [0.15, 0.2) is 30.5 Å². The van der Waals surface area contributed by atoms with Crippen LogP contribution in [0.3, 0.4) is 0 Å². The van der Waals surface area contributed by atoms with E-state index in [-0.39, 0.29) is 6.54 Å². The SMILES string of the molecule is CC(C)NCc1cn(CC(=O)O)c2ccccc12. The van der Waals surface area contributed by atoms with Crippen molar-refractivity contribution < 1.29 is 9.90 Å². The molecule has 0 aliphatic heterocycles. The first-order chi connectivity index (χ1) is 8.58. The molecule has 0 fully saturated rings. The van der Waals surface area contributed by atoms with Crippen LogP contribution in [0.1, 0.15) is 19.4 Å². The molecule has 0 unspecified atom stereocenters. The molecule has 0 bridgehead atoms. The number of hydrogen-bond acceptors (Lipinski definition) is 2. The highest BCUT2D eigenvalue weighted by Gasteiger charge is 2.10. The average molecular weight is 246 g/mol. The molecule has 1 aromatic carbocycles. The minimum absolute atomic E-state index is 0.00217. The van der Waals surface area contributed by atoms with Gasteiger partial charge in [-0.2, -0.15) is 0 Å².